The molecule has 0 radical (unpaired) electrons. The second-order valence-corrected chi connectivity index (χ2v) is 12.0. The Morgan fingerprint density at radius 2 is 1.95 bits per heavy atom. The third-order valence-corrected chi connectivity index (χ3v) is 9.85. The number of anilines is 1. The normalized spacial score (nSPS) is 24.1. The van der Waals surface area contributed by atoms with Gasteiger partial charge < -0.3 is 14.6 Å². The van der Waals surface area contributed by atoms with Crippen LogP contribution in [0.25, 0.3) is 11.1 Å². The van der Waals surface area contributed by atoms with Gasteiger partial charge in [0.1, 0.15) is 5.82 Å². The number of hydrogen-bond acceptors (Lipinski definition) is 5. The summed E-state index contributed by atoms with van der Waals surface area (Å²) in [5.74, 6) is -0.800. The molecule has 7 nitrogen and oxygen atoms in total. The molecule has 0 unspecified atom stereocenters. The van der Waals surface area contributed by atoms with Crippen molar-refractivity contribution in [1.82, 2.24) is 14.5 Å². The first-order chi connectivity index (χ1) is 19.7. The molecule has 0 spiro atoms. The quantitative estimate of drug-likeness (QED) is 0.355. The Bertz CT molecular complexity index is 1530. The van der Waals surface area contributed by atoms with Crippen LogP contribution in [0, 0.1) is 16.6 Å². The molecular formula is C31H34ClFN4O3. The van der Waals surface area contributed by atoms with Crippen LogP contribution in [0.5, 0.6) is 0 Å². The molecule has 1 amide bonds. The van der Waals surface area contributed by atoms with Crippen LogP contribution in [0.15, 0.2) is 42.4 Å². The first-order valence-corrected chi connectivity index (χ1v) is 14.2. The summed E-state index contributed by atoms with van der Waals surface area (Å²) in [7, 11) is 3.35. The van der Waals surface area contributed by atoms with Crippen molar-refractivity contribution >= 4 is 29.2 Å². The van der Waals surface area contributed by atoms with Crippen molar-refractivity contribution < 1.29 is 20.1 Å². The second kappa shape index (κ2) is 10.3. The fourth-order valence-corrected chi connectivity index (χ4v) is 7.45. The maximum atomic E-state index is 14.6. The molecule has 9 heteroatoms. The average molecular weight is 566 g/mol. The van der Waals surface area contributed by atoms with Crippen LogP contribution in [0.1, 0.15) is 61.9 Å². The molecule has 0 atom stereocenters. The molecular weight excluding hydrogens is 531 g/mol. The Kier molecular flexibility index (Phi) is 6.63. The van der Waals surface area contributed by atoms with E-state index in [0.29, 0.717) is 23.6 Å². The number of fused-ring (bicyclic) bond motifs is 3. The van der Waals surface area contributed by atoms with E-state index >= 15 is 0 Å². The summed E-state index contributed by atoms with van der Waals surface area (Å²) in [4.78, 5) is 32.9. The Labute approximate surface area is 240 Å². The van der Waals surface area contributed by atoms with Crippen molar-refractivity contribution in [1.29, 1.82) is 0 Å². The number of carbonyl (C=O) groups is 2. The van der Waals surface area contributed by atoms with E-state index < -0.39 is 11.7 Å². The number of methoxy groups -OCH3 is 1. The Morgan fingerprint density at radius 1 is 1.18 bits per heavy atom. The molecule has 210 valence electrons. The maximum Gasteiger partial charge on any atom is 0.311 e. The Balaban J connectivity index is 1.13. The molecule has 1 aliphatic heterocycles. The minimum atomic E-state index is -0.664. The van der Waals surface area contributed by atoms with Crippen molar-refractivity contribution in [2.45, 2.75) is 51.5 Å². The lowest BCUT2D eigenvalue weighted by Crippen LogP contribution is -2.34. The highest BCUT2D eigenvalue weighted by molar-refractivity contribution is 6.36. The van der Waals surface area contributed by atoms with Crippen LogP contribution in [0.4, 0.5) is 10.1 Å². The van der Waals surface area contributed by atoms with Crippen LogP contribution in [0.3, 0.4) is 0 Å². The van der Waals surface area contributed by atoms with Gasteiger partial charge in [0, 0.05) is 43.4 Å². The summed E-state index contributed by atoms with van der Waals surface area (Å²) in [6.07, 6.45) is 6.82. The van der Waals surface area contributed by atoms with E-state index in [1.165, 1.54) is 13.2 Å². The number of rotatable bonds is 7. The summed E-state index contributed by atoms with van der Waals surface area (Å²) < 4.78 is 29.4. The van der Waals surface area contributed by atoms with E-state index in [0.717, 1.165) is 69.4 Å². The number of amides is 1. The lowest BCUT2D eigenvalue weighted by atomic mass is 9.80. The van der Waals surface area contributed by atoms with Gasteiger partial charge in [-0.15, -0.1) is 0 Å². The van der Waals surface area contributed by atoms with Crippen LogP contribution in [0.2, 0.25) is 5.02 Å². The predicted molar refractivity (Wildman–Crippen MR) is 152 cm³/mol. The zero-order valence-electron chi connectivity index (χ0n) is 23.9. The van der Waals surface area contributed by atoms with Gasteiger partial charge in [0.05, 0.1) is 30.3 Å². The van der Waals surface area contributed by atoms with E-state index in [9.17, 15) is 14.0 Å². The smallest absolute Gasteiger partial charge is 0.311 e. The van der Waals surface area contributed by atoms with Gasteiger partial charge in [0.25, 0.3) is 5.91 Å². The molecule has 2 fully saturated rings. The molecule has 3 aromatic rings. The van der Waals surface area contributed by atoms with E-state index in [-0.39, 0.29) is 33.4 Å². The second-order valence-electron chi connectivity index (χ2n) is 11.6. The van der Waals surface area contributed by atoms with E-state index in [2.05, 4.69) is 10.2 Å². The number of nitrogens with zero attached hydrogens (tertiary/aromatic N) is 3. The SMILES string of the molecule is [2H]c1cccc(-c2cccc(NC(=O)c3nc4c(n3C)CCN(CCC35CCC(C(=O)OC)(CC3)C5)C4)c2Cl)c1F. The lowest BCUT2D eigenvalue weighted by molar-refractivity contribution is -0.152. The summed E-state index contributed by atoms with van der Waals surface area (Å²) in [5.41, 5.74) is 2.86. The third kappa shape index (κ3) is 4.61. The van der Waals surface area contributed by atoms with Crippen molar-refractivity contribution in [3.8, 4) is 11.1 Å². The number of aromatic nitrogens is 2. The van der Waals surface area contributed by atoms with E-state index in [1.54, 1.807) is 30.3 Å². The fraction of sp³-hybridized carbons (Fsp3) is 0.452. The molecule has 6 rings (SSSR count). The topological polar surface area (TPSA) is 76.5 Å². The van der Waals surface area contributed by atoms with Crippen LogP contribution < -0.4 is 5.32 Å². The van der Waals surface area contributed by atoms with Gasteiger partial charge in [0.15, 0.2) is 5.82 Å². The fourth-order valence-electron chi connectivity index (χ4n) is 7.17. The number of nitrogens with one attached hydrogen (secondary N) is 1. The van der Waals surface area contributed by atoms with Crippen molar-refractivity contribution in [2.75, 3.05) is 25.5 Å². The molecule has 2 bridgehead atoms. The van der Waals surface area contributed by atoms with Crippen LogP contribution >= 0.6 is 11.6 Å². The van der Waals surface area contributed by atoms with Crippen molar-refractivity contribution in [3.05, 3.63) is 70.5 Å². The maximum absolute atomic E-state index is 14.6. The predicted octanol–water partition coefficient (Wildman–Crippen LogP) is 6.00. The molecule has 2 aliphatic carbocycles. The average Bonchev–Trinajstić information content (AvgIpc) is 3.65. The summed E-state index contributed by atoms with van der Waals surface area (Å²) in [6.45, 7) is 2.50. The summed E-state index contributed by atoms with van der Waals surface area (Å²) in [6, 6.07) is 9.33. The molecule has 0 saturated heterocycles. The molecule has 3 aliphatic rings. The van der Waals surface area contributed by atoms with Gasteiger partial charge >= 0.3 is 5.97 Å². The first kappa shape index (κ1) is 25.7. The molecule has 2 saturated carbocycles. The van der Waals surface area contributed by atoms with Gasteiger partial charge in [0.2, 0.25) is 0 Å². The van der Waals surface area contributed by atoms with Gasteiger partial charge in [-0.1, -0.05) is 41.9 Å². The zero-order chi connectivity index (χ0) is 28.9. The molecule has 2 aromatic carbocycles. The minimum Gasteiger partial charge on any atom is -0.469 e. The highest BCUT2D eigenvalue weighted by Crippen LogP contribution is 2.63. The number of ether oxygens (including phenoxy) is 1. The third-order valence-electron chi connectivity index (χ3n) is 9.44. The lowest BCUT2D eigenvalue weighted by Gasteiger charge is -2.32. The Hall–Kier alpha value is -3.23. The number of hydrogen-bond donors (Lipinski definition) is 1. The standard InChI is InChI=1S/C31H34ClFN4O3/c1-36-25-10-16-37(17-15-30-11-13-31(19-30,14-12-30)29(39)40-2)18-24(25)34-27(36)28(38)35-23-9-5-7-21(26(23)32)20-6-3-4-8-22(20)33/h3-9H,10-19H2,1-2H3,(H,35,38)/i8D. The molecule has 1 N–H and O–H groups in total. The minimum absolute atomic E-state index is 0.0407. The van der Waals surface area contributed by atoms with Gasteiger partial charge in [-0.05, 0) is 62.6 Å². The molecule has 2 heterocycles. The Morgan fingerprint density at radius 3 is 2.73 bits per heavy atom. The molecule has 40 heavy (non-hydrogen) atoms. The highest BCUT2D eigenvalue weighted by atomic mass is 35.5. The number of benzene rings is 2. The highest BCUT2D eigenvalue weighted by Gasteiger charge is 2.58. The monoisotopic (exact) mass is 565 g/mol. The van der Waals surface area contributed by atoms with E-state index in [4.69, 9.17) is 22.7 Å². The van der Waals surface area contributed by atoms with Crippen LogP contribution in [-0.2, 0) is 29.5 Å². The number of carbonyl (C=O) groups excluding carboxylic acids is 2. The van der Waals surface area contributed by atoms with Crippen LogP contribution in [-0.4, -0.2) is 46.5 Å². The summed E-state index contributed by atoms with van der Waals surface area (Å²) in [5, 5.41) is 3.05. The van der Waals surface area contributed by atoms with Crippen molar-refractivity contribution in [3.63, 3.8) is 0 Å². The number of esters is 1. The largest absolute Gasteiger partial charge is 0.469 e. The zero-order valence-corrected chi connectivity index (χ0v) is 23.6. The van der Waals surface area contributed by atoms with Gasteiger partial charge in [-0.3, -0.25) is 14.5 Å². The van der Waals surface area contributed by atoms with Gasteiger partial charge in [-0.25, -0.2) is 9.37 Å². The molecule has 1 aromatic heterocycles. The summed E-state index contributed by atoms with van der Waals surface area (Å²) >= 11 is 6.61. The first-order valence-electron chi connectivity index (χ1n) is 14.4. The number of halogens is 2. The van der Waals surface area contributed by atoms with Gasteiger partial charge in [-0.2, -0.15) is 0 Å². The van der Waals surface area contributed by atoms with E-state index in [1.807, 2.05) is 11.6 Å². The van der Waals surface area contributed by atoms with Crippen molar-refractivity contribution in [2.24, 2.45) is 17.9 Å². The number of imidazole rings is 1.